The molecule has 0 N–H and O–H groups in total. The lowest BCUT2D eigenvalue weighted by atomic mass is 9.48. The minimum atomic E-state index is 0.00968. The van der Waals surface area contributed by atoms with Gasteiger partial charge in [0.1, 0.15) is 5.78 Å². The normalized spacial score (nSPS) is 34.3. The molecule has 0 bridgehead atoms. The average molecular weight is 180 g/mol. The number of ketones is 1. The van der Waals surface area contributed by atoms with Crippen LogP contribution in [-0.2, 0) is 9.53 Å². The van der Waals surface area contributed by atoms with Crippen LogP contribution < -0.4 is 0 Å². The molecule has 1 aliphatic heterocycles. The number of hydrogen-bond donors (Lipinski definition) is 0. The molecule has 2 saturated carbocycles. The zero-order valence-electron chi connectivity index (χ0n) is 7.97. The lowest BCUT2D eigenvalue weighted by Gasteiger charge is -2.61. The quantitative estimate of drug-likeness (QED) is 0.570. The van der Waals surface area contributed by atoms with Crippen molar-refractivity contribution in [3.8, 4) is 0 Å². The van der Waals surface area contributed by atoms with E-state index in [0.717, 1.165) is 0 Å². The highest BCUT2D eigenvalue weighted by atomic mass is 16.5. The van der Waals surface area contributed by atoms with Crippen LogP contribution in [-0.4, -0.2) is 18.0 Å². The van der Waals surface area contributed by atoms with Crippen molar-refractivity contribution in [2.45, 2.75) is 50.5 Å². The first-order valence-corrected chi connectivity index (χ1v) is 5.38. The highest BCUT2D eigenvalue weighted by Crippen LogP contribution is 2.63. The second kappa shape index (κ2) is 2.35. The van der Waals surface area contributed by atoms with Gasteiger partial charge in [-0.1, -0.05) is 6.42 Å². The van der Waals surface area contributed by atoms with Crippen LogP contribution in [0.2, 0.25) is 0 Å². The molecule has 2 heteroatoms. The van der Waals surface area contributed by atoms with Crippen molar-refractivity contribution in [1.29, 1.82) is 0 Å². The highest BCUT2D eigenvalue weighted by Gasteiger charge is 2.59. The van der Waals surface area contributed by atoms with Crippen LogP contribution in [0.4, 0.5) is 0 Å². The van der Waals surface area contributed by atoms with Gasteiger partial charge in [-0.15, -0.1) is 0 Å². The van der Waals surface area contributed by atoms with Crippen LogP contribution >= 0.6 is 0 Å². The summed E-state index contributed by atoms with van der Waals surface area (Å²) >= 11 is 0. The lowest BCUT2D eigenvalue weighted by Crippen LogP contribution is -2.59. The molecule has 1 saturated heterocycles. The van der Waals surface area contributed by atoms with Crippen molar-refractivity contribution in [1.82, 2.24) is 0 Å². The molecule has 3 rings (SSSR count). The van der Waals surface area contributed by atoms with Crippen molar-refractivity contribution in [3.05, 3.63) is 0 Å². The van der Waals surface area contributed by atoms with Gasteiger partial charge >= 0.3 is 0 Å². The van der Waals surface area contributed by atoms with E-state index in [-0.39, 0.29) is 5.60 Å². The molecule has 2 spiro atoms. The van der Waals surface area contributed by atoms with Gasteiger partial charge in [-0.2, -0.15) is 0 Å². The maximum atomic E-state index is 11.3. The third-order valence-corrected chi connectivity index (χ3v) is 4.12. The van der Waals surface area contributed by atoms with Crippen LogP contribution in [0.1, 0.15) is 44.9 Å². The number of carbonyl (C=O) groups is 1. The van der Waals surface area contributed by atoms with Gasteiger partial charge in [0.25, 0.3) is 0 Å². The van der Waals surface area contributed by atoms with E-state index in [4.69, 9.17) is 4.74 Å². The lowest BCUT2D eigenvalue weighted by molar-refractivity contribution is -0.210. The van der Waals surface area contributed by atoms with E-state index < -0.39 is 0 Å². The molecule has 0 aromatic carbocycles. The molecule has 3 fully saturated rings. The molecule has 2 aliphatic carbocycles. The molecule has 72 valence electrons. The van der Waals surface area contributed by atoms with E-state index in [9.17, 15) is 4.79 Å². The van der Waals surface area contributed by atoms with E-state index in [2.05, 4.69) is 0 Å². The molecule has 13 heavy (non-hydrogen) atoms. The fraction of sp³-hybridized carbons (Fsp3) is 0.909. The Balaban J connectivity index is 1.68. The predicted octanol–water partition coefficient (Wildman–Crippen LogP) is 2.07. The van der Waals surface area contributed by atoms with E-state index in [0.29, 0.717) is 30.6 Å². The Kier molecular flexibility index (Phi) is 1.44. The summed E-state index contributed by atoms with van der Waals surface area (Å²) < 4.78 is 5.78. The monoisotopic (exact) mass is 180 g/mol. The fourth-order valence-electron chi connectivity index (χ4n) is 3.45. The summed E-state index contributed by atoms with van der Waals surface area (Å²) in [6.07, 6.45) is 7.85. The van der Waals surface area contributed by atoms with Gasteiger partial charge in [-0.25, -0.2) is 0 Å². The topological polar surface area (TPSA) is 26.3 Å². The first-order valence-electron chi connectivity index (χ1n) is 5.38. The minimum absolute atomic E-state index is 0.00968. The Hall–Kier alpha value is -0.370. The maximum Gasteiger partial charge on any atom is 0.138 e. The largest absolute Gasteiger partial charge is 0.374 e. The first-order chi connectivity index (χ1) is 6.22. The van der Waals surface area contributed by atoms with Crippen LogP contribution in [0.25, 0.3) is 0 Å². The molecule has 0 unspecified atom stereocenters. The molecule has 0 atom stereocenters. The second-order valence-corrected chi connectivity index (χ2v) is 5.20. The van der Waals surface area contributed by atoms with Crippen LogP contribution in [0, 0.1) is 5.41 Å². The molecule has 0 amide bonds. The Bertz CT molecular complexity index is 245. The molecule has 0 aromatic heterocycles. The summed E-state index contributed by atoms with van der Waals surface area (Å²) in [7, 11) is 0. The Labute approximate surface area is 78.6 Å². The van der Waals surface area contributed by atoms with Crippen LogP contribution in [0.3, 0.4) is 0 Å². The van der Waals surface area contributed by atoms with Crippen LogP contribution in [0.15, 0.2) is 0 Å². The van der Waals surface area contributed by atoms with E-state index >= 15 is 0 Å². The Morgan fingerprint density at radius 1 is 1.23 bits per heavy atom. The van der Waals surface area contributed by atoms with Gasteiger partial charge in [0.05, 0.1) is 12.2 Å². The van der Waals surface area contributed by atoms with Gasteiger partial charge in [0.2, 0.25) is 0 Å². The van der Waals surface area contributed by atoms with Crippen molar-refractivity contribution in [2.75, 3.05) is 6.61 Å². The third-order valence-electron chi connectivity index (χ3n) is 4.12. The second-order valence-electron chi connectivity index (χ2n) is 5.20. The summed E-state index contributed by atoms with van der Waals surface area (Å²) in [6, 6.07) is 0. The summed E-state index contributed by atoms with van der Waals surface area (Å²) in [5, 5.41) is 0. The Morgan fingerprint density at radius 3 is 2.54 bits per heavy atom. The zero-order chi connectivity index (χ0) is 8.94. The van der Waals surface area contributed by atoms with Gasteiger partial charge in [0.15, 0.2) is 0 Å². The van der Waals surface area contributed by atoms with E-state index in [1.54, 1.807) is 0 Å². The van der Waals surface area contributed by atoms with Crippen LogP contribution in [0.5, 0.6) is 0 Å². The molecule has 3 aliphatic rings. The summed E-state index contributed by atoms with van der Waals surface area (Å²) in [6.45, 7) is 0.676. The Morgan fingerprint density at radius 2 is 2.00 bits per heavy atom. The third kappa shape index (κ3) is 1.08. The smallest absolute Gasteiger partial charge is 0.138 e. The summed E-state index contributed by atoms with van der Waals surface area (Å²) in [5.41, 5.74) is 0.632. The standard InChI is InChI=1S/C11H16O2/c12-9-2-5-13-11(6-9)7-10(8-11)3-1-4-10/h1-8H2. The SMILES string of the molecule is O=C1CCOC2(C1)CC1(CCC1)C2. The predicted molar refractivity (Wildman–Crippen MR) is 48.4 cm³/mol. The molecular weight excluding hydrogens is 164 g/mol. The summed E-state index contributed by atoms with van der Waals surface area (Å²) in [5.74, 6) is 0.417. The van der Waals surface area contributed by atoms with Crippen molar-refractivity contribution >= 4 is 5.78 Å². The van der Waals surface area contributed by atoms with Crippen molar-refractivity contribution in [2.24, 2.45) is 5.41 Å². The van der Waals surface area contributed by atoms with Crippen molar-refractivity contribution in [3.63, 3.8) is 0 Å². The average Bonchev–Trinajstić information content (AvgIpc) is 1.96. The zero-order valence-corrected chi connectivity index (χ0v) is 7.97. The van der Waals surface area contributed by atoms with Gasteiger partial charge in [-0.3, -0.25) is 4.79 Å². The molecule has 0 radical (unpaired) electrons. The number of Topliss-reactive ketones (excluding diaryl/α,β-unsaturated/α-hetero) is 1. The van der Waals surface area contributed by atoms with Gasteiger partial charge < -0.3 is 4.74 Å². The number of carbonyl (C=O) groups excluding carboxylic acids is 1. The van der Waals surface area contributed by atoms with Gasteiger partial charge in [0, 0.05) is 12.8 Å². The van der Waals surface area contributed by atoms with Crippen molar-refractivity contribution < 1.29 is 9.53 Å². The number of rotatable bonds is 0. The first kappa shape index (κ1) is 7.98. The van der Waals surface area contributed by atoms with Gasteiger partial charge in [-0.05, 0) is 31.1 Å². The minimum Gasteiger partial charge on any atom is -0.374 e. The molecule has 1 heterocycles. The maximum absolute atomic E-state index is 11.3. The molecule has 0 aromatic rings. The summed E-state index contributed by atoms with van der Waals surface area (Å²) in [4.78, 5) is 11.3. The molecule has 2 nitrogen and oxygen atoms in total. The fourth-order valence-corrected chi connectivity index (χ4v) is 3.45. The van der Waals surface area contributed by atoms with E-state index in [1.807, 2.05) is 0 Å². The number of hydrogen-bond acceptors (Lipinski definition) is 2. The number of ether oxygens (including phenoxy) is 1. The van der Waals surface area contributed by atoms with E-state index in [1.165, 1.54) is 32.1 Å². The highest BCUT2D eigenvalue weighted by molar-refractivity contribution is 5.80. The molecular formula is C11H16O2.